The van der Waals surface area contributed by atoms with Gasteiger partial charge >= 0.3 is 0 Å². The fourth-order valence-corrected chi connectivity index (χ4v) is 1.95. The molecular formula is C15H14ClN3O2. The van der Waals surface area contributed by atoms with Crippen LogP contribution >= 0.6 is 11.6 Å². The Morgan fingerprint density at radius 2 is 2.00 bits per heavy atom. The Hall–Kier alpha value is -2.40. The molecule has 1 heterocycles. The van der Waals surface area contributed by atoms with Crippen molar-refractivity contribution in [3.8, 4) is 0 Å². The largest absolute Gasteiger partial charge is 0.345 e. The Morgan fingerprint density at radius 1 is 1.24 bits per heavy atom. The number of nitrogens with zero attached hydrogens (tertiary/aromatic N) is 2. The molecule has 0 saturated heterocycles. The first-order valence-corrected chi connectivity index (χ1v) is 6.59. The Labute approximate surface area is 127 Å². The number of hydrogen-bond donors (Lipinski definition) is 1. The van der Waals surface area contributed by atoms with Crippen LogP contribution in [0, 0.1) is 0 Å². The maximum absolute atomic E-state index is 12.1. The lowest BCUT2D eigenvalue weighted by atomic mass is 10.1. The number of benzene rings is 1. The van der Waals surface area contributed by atoms with Crippen LogP contribution in [0.5, 0.6) is 0 Å². The van der Waals surface area contributed by atoms with Crippen LogP contribution in [-0.2, 0) is 0 Å². The molecule has 1 aromatic heterocycles. The minimum atomic E-state index is -0.350. The summed E-state index contributed by atoms with van der Waals surface area (Å²) in [7, 11) is 3.34. The number of nitrogens with one attached hydrogen (secondary N) is 1. The first kappa shape index (κ1) is 15.0. The van der Waals surface area contributed by atoms with E-state index in [0.29, 0.717) is 16.8 Å². The molecule has 0 atom stereocenters. The monoisotopic (exact) mass is 303 g/mol. The minimum Gasteiger partial charge on any atom is -0.345 e. The molecule has 1 N–H and O–H groups in total. The van der Waals surface area contributed by atoms with E-state index in [0.717, 1.165) is 0 Å². The van der Waals surface area contributed by atoms with E-state index in [2.05, 4.69) is 10.3 Å². The lowest BCUT2D eigenvalue weighted by Crippen LogP contribution is -2.22. The molecular weight excluding hydrogens is 290 g/mol. The van der Waals surface area contributed by atoms with Crippen molar-refractivity contribution < 1.29 is 9.59 Å². The second-order valence-electron chi connectivity index (χ2n) is 4.59. The maximum atomic E-state index is 12.1. The second kappa shape index (κ2) is 6.37. The first-order valence-electron chi connectivity index (χ1n) is 6.21. The van der Waals surface area contributed by atoms with Gasteiger partial charge in [-0.1, -0.05) is 17.7 Å². The molecule has 21 heavy (non-hydrogen) atoms. The predicted octanol–water partition coefficient (Wildman–Crippen LogP) is 2.69. The highest BCUT2D eigenvalue weighted by molar-refractivity contribution is 6.34. The highest BCUT2D eigenvalue weighted by Crippen LogP contribution is 2.17. The van der Waals surface area contributed by atoms with Crippen molar-refractivity contribution in [2.75, 3.05) is 19.4 Å². The van der Waals surface area contributed by atoms with Crippen LogP contribution in [0.15, 0.2) is 42.7 Å². The van der Waals surface area contributed by atoms with Gasteiger partial charge in [0.15, 0.2) is 0 Å². The van der Waals surface area contributed by atoms with Crippen LogP contribution in [0.4, 0.5) is 5.69 Å². The summed E-state index contributed by atoms with van der Waals surface area (Å²) < 4.78 is 0. The van der Waals surface area contributed by atoms with E-state index < -0.39 is 0 Å². The molecule has 2 amide bonds. The zero-order valence-corrected chi connectivity index (χ0v) is 12.4. The highest BCUT2D eigenvalue weighted by Gasteiger charge is 2.12. The Kier molecular flexibility index (Phi) is 4.55. The smallest absolute Gasteiger partial charge is 0.257 e. The summed E-state index contributed by atoms with van der Waals surface area (Å²) in [6, 6.07) is 8.26. The Bertz CT molecular complexity index is 686. The molecule has 108 valence electrons. The predicted molar refractivity (Wildman–Crippen MR) is 81.7 cm³/mol. The minimum absolute atomic E-state index is 0.131. The number of carbonyl (C=O) groups excluding carboxylic acids is 2. The summed E-state index contributed by atoms with van der Waals surface area (Å²) in [5.74, 6) is -0.482. The molecule has 0 unspecified atom stereocenters. The molecule has 0 bridgehead atoms. The van der Waals surface area contributed by atoms with Gasteiger partial charge in [0.1, 0.15) is 0 Å². The van der Waals surface area contributed by atoms with Crippen LogP contribution in [-0.4, -0.2) is 35.8 Å². The lowest BCUT2D eigenvalue weighted by molar-refractivity contribution is 0.0827. The summed E-state index contributed by atoms with van der Waals surface area (Å²) >= 11 is 5.92. The summed E-state index contributed by atoms with van der Waals surface area (Å²) in [6.07, 6.45) is 2.90. The van der Waals surface area contributed by atoms with E-state index in [1.807, 2.05) is 0 Å². The number of pyridine rings is 1. The van der Waals surface area contributed by atoms with Crippen LogP contribution in [0.25, 0.3) is 0 Å². The van der Waals surface area contributed by atoms with Gasteiger partial charge in [-0.15, -0.1) is 0 Å². The van der Waals surface area contributed by atoms with E-state index in [-0.39, 0.29) is 16.8 Å². The number of aromatic nitrogens is 1. The number of anilines is 1. The van der Waals surface area contributed by atoms with Gasteiger partial charge in [-0.25, -0.2) is 0 Å². The maximum Gasteiger partial charge on any atom is 0.257 e. The third-order valence-electron chi connectivity index (χ3n) is 2.79. The van der Waals surface area contributed by atoms with E-state index in [4.69, 9.17) is 11.6 Å². The molecule has 0 aliphatic heterocycles. The molecule has 0 spiro atoms. The van der Waals surface area contributed by atoms with Gasteiger partial charge in [0.25, 0.3) is 11.8 Å². The van der Waals surface area contributed by atoms with Crippen molar-refractivity contribution >= 4 is 29.1 Å². The zero-order chi connectivity index (χ0) is 15.4. The van der Waals surface area contributed by atoms with Gasteiger partial charge in [0, 0.05) is 37.7 Å². The quantitative estimate of drug-likeness (QED) is 0.948. The van der Waals surface area contributed by atoms with E-state index in [9.17, 15) is 9.59 Å². The SMILES string of the molecule is CN(C)C(=O)c1cccc(NC(=O)c2ccncc2Cl)c1. The Morgan fingerprint density at radius 3 is 2.67 bits per heavy atom. The number of carbonyl (C=O) groups is 2. The molecule has 0 radical (unpaired) electrons. The van der Waals surface area contributed by atoms with Crippen molar-refractivity contribution in [2.24, 2.45) is 0 Å². The van der Waals surface area contributed by atoms with E-state index in [1.165, 1.54) is 23.4 Å². The average molecular weight is 304 g/mol. The first-order chi connectivity index (χ1) is 9.99. The summed E-state index contributed by atoms with van der Waals surface area (Å²) in [5, 5.41) is 2.98. The fraction of sp³-hybridized carbons (Fsp3) is 0.133. The lowest BCUT2D eigenvalue weighted by Gasteiger charge is -2.12. The van der Waals surface area contributed by atoms with Crippen molar-refractivity contribution in [3.05, 3.63) is 58.9 Å². The molecule has 5 nitrogen and oxygen atoms in total. The van der Waals surface area contributed by atoms with Crippen LogP contribution in [0.1, 0.15) is 20.7 Å². The normalized spacial score (nSPS) is 10.0. The molecule has 2 rings (SSSR count). The summed E-state index contributed by atoms with van der Waals surface area (Å²) in [4.78, 5) is 29.3. The van der Waals surface area contributed by atoms with Gasteiger partial charge in [-0.05, 0) is 24.3 Å². The molecule has 0 aliphatic carbocycles. The fourth-order valence-electron chi connectivity index (χ4n) is 1.75. The van der Waals surface area contributed by atoms with Crippen LogP contribution in [0.3, 0.4) is 0 Å². The van der Waals surface area contributed by atoms with Crippen molar-refractivity contribution in [1.82, 2.24) is 9.88 Å². The average Bonchev–Trinajstić information content (AvgIpc) is 2.47. The van der Waals surface area contributed by atoms with Crippen LogP contribution < -0.4 is 5.32 Å². The van der Waals surface area contributed by atoms with Crippen molar-refractivity contribution in [1.29, 1.82) is 0 Å². The van der Waals surface area contributed by atoms with Gasteiger partial charge in [0.2, 0.25) is 0 Å². The number of amides is 2. The van der Waals surface area contributed by atoms with Crippen LogP contribution in [0.2, 0.25) is 5.02 Å². The van der Waals surface area contributed by atoms with Gasteiger partial charge in [-0.3, -0.25) is 14.6 Å². The molecule has 0 saturated carbocycles. The molecule has 6 heteroatoms. The topological polar surface area (TPSA) is 62.3 Å². The van der Waals surface area contributed by atoms with Crippen molar-refractivity contribution in [2.45, 2.75) is 0 Å². The van der Waals surface area contributed by atoms with Gasteiger partial charge in [0.05, 0.1) is 10.6 Å². The van der Waals surface area contributed by atoms with E-state index >= 15 is 0 Å². The number of halogens is 1. The summed E-state index contributed by atoms with van der Waals surface area (Å²) in [6.45, 7) is 0. The molecule has 1 aromatic carbocycles. The summed E-state index contributed by atoms with van der Waals surface area (Å²) in [5.41, 5.74) is 1.36. The standard InChI is InChI=1S/C15H14ClN3O2/c1-19(2)15(21)10-4-3-5-11(8-10)18-14(20)12-6-7-17-9-13(12)16/h3-9H,1-2H3,(H,18,20). The number of hydrogen-bond acceptors (Lipinski definition) is 3. The van der Waals surface area contributed by atoms with E-state index in [1.54, 1.807) is 38.4 Å². The van der Waals surface area contributed by atoms with Crippen molar-refractivity contribution in [3.63, 3.8) is 0 Å². The third kappa shape index (κ3) is 3.58. The Balaban J connectivity index is 2.21. The highest BCUT2D eigenvalue weighted by atomic mass is 35.5. The zero-order valence-electron chi connectivity index (χ0n) is 11.6. The molecule has 0 aliphatic rings. The number of rotatable bonds is 3. The van der Waals surface area contributed by atoms with Gasteiger partial charge < -0.3 is 10.2 Å². The molecule has 0 fully saturated rings. The molecule has 2 aromatic rings. The third-order valence-corrected chi connectivity index (χ3v) is 3.09. The van der Waals surface area contributed by atoms with Gasteiger partial charge in [-0.2, -0.15) is 0 Å². The second-order valence-corrected chi connectivity index (χ2v) is 5.00.